The van der Waals surface area contributed by atoms with Crippen molar-refractivity contribution in [3.8, 4) is 0 Å². The molecule has 5 heteroatoms. The molecular formula is C16H22N2O3. The number of benzene rings is 1. The predicted octanol–water partition coefficient (Wildman–Crippen LogP) is 1.53. The van der Waals surface area contributed by atoms with E-state index in [9.17, 15) is 9.59 Å². The van der Waals surface area contributed by atoms with Crippen LogP contribution in [0.15, 0.2) is 30.3 Å². The lowest BCUT2D eigenvalue weighted by molar-refractivity contribution is -0.150. The highest BCUT2D eigenvalue weighted by molar-refractivity contribution is 6.10. The molecule has 114 valence electrons. The van der Waals surface area contributed by atoms with Gasteiger partial charge in [0.2, 0.25) is 11.8 Å². The van der Waals surface area contributed by atoms with Crippen LogP contribution >= 0.6 is 0 Å². The first kappa shape index (κ1) is 15.5. The van der Waals surface area contributed by atoms with Crippen LogP contribution in [0.5, 0.6) is 0 Å². The van der Waals surface area contributed by atoms with Crippen molar-refractivity contribution in [2.45, 2.75) is 13.8 Å². The van der Waals surface area contributed by atoms with Gasteiger partial charge in [-0.2, -0.15) is 0 Å². The fourth-order valence-electron chi connectivity index (χ4n) is 2.44. The van der Waals surface area contributed by atoms with Crippen LogP contribution in [0.3, 0.4) is 0 Å². The van der Waals surface area contributed by atoms with Crippen molar-refractivity contribution >= 4 is 17.5 Å². The van der Waals surface area contributed by atoms with Crippen LogP contribution in [-0.4, -0.2) is 50.1 Å². The molecule has 1 aliphatic heterocycles. The third kappa shape index (κ3) is 3.24. The summed E-state index contributed by atoms with van der Waals surface area (Å²) < 4.78 is 5.25. The van der Waals surface area contributed by atoms with E-state index in [4.69, 9.17) is 4.74 Å². The molecule has 0 aliphatic carbocycles. The molecule has 0 aromatic heterocycles. The van der Waals surface area contributed by atoms with Gasteiger partial charge in [-0.05, 0) is 26.0 Å². The second kappa shape index (κ2) is 6.26. The van der Waals surface area contributed by atoms with Gasteiger partial charge in [0.25, 0.3) is 0 Å². The van der Waals surface area contributed by atoms with Gasteiger partial charge in [0.05, 0.1) is 13.2 Å². The third-order valence-corrected chi connectivity index (χ3v) is 3.82. The lowest BCUT2D eigenvalue weighted by Gasteiger charge is -2.35. The first-order valence-corrected chi connectivity index (χ1v) is 7.15. The maximum atomic E-state index is 12.7. The average Bonchev–Trinajstić information content (AvgIpc) is 2.54. The Balaban J connectivity index is 2.14. The van der Waals surface area contributed by atoms with Crippen molar-refractivity contribution in [1.29, 1.82) is 0 Å². The summed E-state index contributed by atoms with van der Waals surface area (Å²) in [5.74, 6) is -0.344. The lowest BCUT2D eigenvalue weighted by Crippen LogP contribution is -2.52. The summed E-state index contributed by atoms with van der Waals surface area (Å²) in [6, 6.07) is 9.35. The first-order valence-electron chi connectivity index (χ1n) is 7.15. The monoisotopic (exact) mass is 290 g/mol. The first-order chi connectivity index (χ1) is 9.94. The standard InChI is InChI=1S/C16H22N2O3/c1-16(2,15(20)18-9-11-21-12-10-18)14(19)17(3)13-7-5-4-6-8-13/h4-8H,9-12H2,1-3H3. The molecule has 0 saturated carbocycles. The number of nitrogens with zero attached hydrogens (tertiary/aromatic N) is 2. The van der Waals surface area contributed by atoms with Crippen LogP contribution in [0, 0.1) is 5.41 Å². The molecule has 5 nitrogen and oxygen atoms in total. The second-order valence-corrected chi connectivity index (χ2v) is 5.73. The number of hydrogen-bond donors (Lipinski definition) is 0. The summed E-state index contributed by atoms with van der Waals surface area (Å²) in [5.41, 5.74) is -0.299. The zero-order chi connectivity index (χ0) is 15.5. The number of carbonyl (C=O) groups is 2. The van der Waals surface area contributed by atoms with Crippen LogP contribution in [0.1, 0.15) is 13.8 Å². The maximum Gasteiger partial charge on any atom is 0.241 e. The molecule has 0 N–H and O–H groups in total. The highest BCUT2D eigenvalue weighted by Crippen LogP contribution is 2.25. The summed E-state index contributed by atoms with van der Waals surface area (Å²) in [5, 5.41) is 0. The van der Waals surface area contributed by atoms with Gasteiger partial charge in [0.15, 0.2) is 0 Å². The number of rotatable bonds is 3. The van der Waals surface area contributed by atoms with Gasteiger partial charge in [-0.25, -0.2) is 0 Å². The molecule has 1 fully saturated rings. The molecule has 0 atom stereocenters. The molecule has 2 amide bonds. The predicted molar refractivity (Wildman–Crippen MR) is 81.0 cm³/mol. The van der Waals surface area contributed by atoms with E-state index in [0.717, 1.165) is 5.69 Å². The molecule has 0 unspecified atom stereocenters. The van der Waals surface area contributed by atoms with Gasteiger partial charge in [-0.3, -0.25) is 9.59 Å². The molecule has 2 rings (SSSR count). The van der Waals surface area contributed by atoms with Gasteiger partial charge < -0.3 is 14.5 Å². The van der Waals surface area contributed by atoms with Crippen molar-refractivity contribution in [3.63, 3.8) is 0 Å². The van der Waals surface area contributed by atoms with Gasteiger partial charge in [-0.15, -0.1) is 0 Å². The minimum atomic E-state index is -1.08. The fraction of sp³-hybridized carbons (Fsp3) is 0.500. The van der Waals surface area contributed by atoms with Crippen LogP contribution in [0.25, 0.3) is 0 Å². The molecule has 21 heavy (non-hydrogen) atoms. The van der Waals surface area contributed by atoms with Crippen molar-refractivity contribution < 1.29 is 14.3 Å². The maximum absolute atomic E-state index is 12.7. The van der Waals surface area contributed by atoms with E-state index in [-0.39, 0.29) is 11.8 Å². The van der Waals surface area contributed by atoms with E-state index in [2.05, 4.69) is 0 Å². The number of carbonyl (C=O) groups excluding carboxylic acids is 2. The Labute approximate surface area is 125 Å². The molecule has 0 radical (unpaired) electrons. The summed E-state index contributed by atoms with van der Waals surface area (Å²) in [4.78, 5) is 28.6. The smallest absolute Gasteiger partial charge is 0.241 e. The van der Waals surface area contributed by atoms with Crippen molar-refractivity contribution in [2.24, 2.45) is 5.41 Å². The number of hydrogen-bond acceptors (Lipinski definition) is 3. The molecule has 1 aromatic rings. The zero-order valence-corrected chi connectivity index (χ0v) is 12.8. The number of amides is 2. The van der Waals surface area contributed by atoms with Crippen LogP contribution < -0.4 is 4.90 Å². The summed E-state index contributed by atoms with van der Waals surface area (Å²) in [6.45, 7) is 5.53. The highest BCUT2D eigenvalue weighted by Gasteiger charge is 2.41. The number of morpholine rings is 1. The molecule has 0 bridgehead atoms. The van der Waals surface area contributed by atoms with E-state index in [1.54, 1.807) is 30.7 Å². The van der Waals surface area contributed by atoms with Crippen molar-refractivity contribution in [3.05, 3.63) is 30.3 Å². The summed E-state index contributed by atoms with van der Waals surface area (Å²) in [7, 11) is 1.70. The molecule has 0 spiro atoms. The van der Waals surface area contributed by atoms with E-state index < -0.39 is 5.41 Å². The Morgan fingerprint density at radius 1 is 1.14 bits per heavy atom. The van der Waals surface area contributed by atoms with Crippen molar-refractivity contribution in [1.82, 2.24) is 4.90 Å². The molecule has 1 saturated heterocycles. The van der Waals surface area contributed by atoms with Crippen LogP contribution in [0.4, 0.5) is 5.69 Å². The van der Waals surface area contributed by atoms with Crippen LogP contribution in [-0.2, 0) is 14.3 Å². The fourth-order valence-corrected chi connectivity index (χ4v) is 2.44. The molecule has 1 heterocycles. The largest absolute Gasteiger partial charge is 0.378 e. The number of anilines is 1. The average molecular weight is 290 g/mol. The van der Waals surface area contributed by atoms with Crippen molar-refractivity contribution in [2.75, 3.05) is 38.3 Å². The Hall–Kier alpha value is -1.88. The molecular weight excluding hydrogens is 268 g/mol. The Morgan fingerprint density at radius 2 is 1.71 bits per heavy atom. The van der Waals surface area contributed by atoms with Crippen LogP contribution in [0.2, 0.25) is 0 Å². The van der Waals surface area contributed by atoms with Gasteiger partial charge >= 0.3 is 0 Å². The Kier molecular flexibility index (Phi) is 4.63. The molecule has 1 aliphatic rings. The van der Waals surface area contributed by atoms with E-state index in [0.29, 0.717) is 26.3 Å². The van der Waals surface area contributed by atoms with Gasteiger partial charge in [0.1, 0.15) is 5.41 Å². The topological polar surface area (TPSA) is 49.9 Å². The van der Waals surface area contributed by atoms with E-state index in [1.807, 2.05) is 30.3 Å². The van der Waals surface area contributed by atoms with E-state index >= 15 is 0 Å². The minimum absolute atomic E-state index is 0.140. The third-order valence-electron chi connectivity index (χ3n) is 3.82. The lowest BCUT2D eigenvalue weighted by atomic mass is 9.89. The minimum Gasteiger partial charge on any atom is -0.378 e. The normalized spacial score (nSPS) is 15.7. The summed E-state index contributed by atoms with van der Waals surface area (Å²) in [6.07, 6.45) is 0. The second-order valence-electron chi connectivity index (χ2n) is 5.73. The van der Waals surface area contributed by atoms with E-state index in [1.165, 1.54) is 0 Å². The quantitative estimate of drug-likeness (QED) is 0.793. The van der Waals surface area contributed by atoms with Gasteiger partial charge in [-0.1, -0.05) is 18.2 Å². The summed E-state index contributed by atoms with van der Waals surface area (Å²) >= 11 is 0. The SMILES string of the molecule is CN(C(=O)C(C)(C)C(=O)N1CCOCC1)c1ccccc1. The Bertz CT molecular complexity index is 508. The number of para-hydroxylation sites is 1. The number of ether oxygens (including phenoxy) is 1. The highest BCUT2D eigenvalue weighted by atomic mass is 16.5. The molecule has 1 aromatic carbocycles. The zero-order valence-electron chi connectivity index (χ0n) is 12.8. The Morgan fingerprint density at radius 3 is 2.29 bits per heavy atom. The van der Waals surface area contributed by atoms with Gasteiger partial charge in [0, 0.05) is 25.8 Å².